The number of benzene rings is 1. The molecule has 132 valence electrons. The van der Waals surface area contributed by atoms with E-state index in [4.69, 9.17) is 4.74 Å². The third-order valence-corrected chi connectivity index (χ3v) is 4.60. The Morgan fingerprint density at radius 2 is 1.84 bits per heavy atom. The van der Waals surface area contributed by atoms with Gasteiger partial charge in [-0.15, -0.1) is 0 Å². The van der Waals surface area contributed by atoms with Crippen LogP contribution in [0.4, 0.5) is 11.4 Å². The molecule has 0 bridgehead atoms. The lowest BCUT2D eigenvalue weighted by Gasteiger charge is -2.30. The van der Waals surface area contributed by atoms with Crippen LogP contribution in [-0.2, 0) is 11.8 Å². The van der Waals surface area contributed by atoms with Gasteiger partial charge in [-0.1, -0.05) is 12.1 Å². The first-order valence-electron chi connectivity index (χ1n) is 8.39. The van der Waals surface area contributed by atoms with E-state index in [1.807, 2.05) is 37.3 Å². The summed E-state index contributed by atoms with van der Waals surface area (Å²) in [6, 6.07) is 9.50. The first-order chi connectivity index (χ1) is 12.0. The van der Waals surface area contributed by atoms with Gasteiger partial charge in [-0.3, -0.25) is 9.59 Å². The second-order valence-corrected chi connectivity index (χ2v) is 6.28. The van der Waals surface area contributed by atoms with E-state index in [2.05, 4.69) is 10.2 Å². The first-order valence-corrected chi connectivity index (χ1v) is 8.39. The fourth-order valence-electron chi connectivity index (χ4n) is 3.10. The summed E-state index contributed by atoms with van der Waals surface area (Å²) >= 11 is 0. The van der Waals surface area contributed by atoms with Crippen molar-refractivity contribution in [3.8, 4) is 0 Å². The lowest BCUT2D eigenvalue weighted by atomic mass is 10.1. The summed E-state index contributed by atoms with van der Waals surface area (Å²) in [4.78, 5) is 27.5. The maximum Gasteiger partial charge on any atom is 0.263 e. The highest BCUT2D eigenvalue weighted by molar-refractivity contribution is 6.06. The number of para-hydroxylation sites is 2. The highest BCUT2D eigenvalue weighted by atomic mass is 16.5. The van der Waals surface area contributed by atoms with E-state index in [9.17, 15) is 9.59 Å². The number of ether oxygens (including phenoxy) is 1. The van der Waals surface area contributed by atoms with Gasteiger partial charge in [0, 0.05) is 25.8 Å². The largest absolute Gasteiger partial charge is 0.378 e. The maximum atomic E-state index is 12.8. The maximum absolute atomic E-state index is 12.8. The molecule has 2 aromatic rings. The lowest BCUT2D eigenvalue weighted by molar-refractivity contribution is 0.102. The van der Waals surface area contributed by atoms with E-state index in [0.717, 1.165) is 24.5 Å². The molecule has 6 heteroatoms. The quantitative estimate of drug-likeness (QED) is 0.928. The minimum absolute atomic E-state index is 0.185. The van der Waals surface area contributed by atoms with Gasteiger partial charge < -0.3 is 19.5 Å². The second-order valence-electron chi connectivity index (χ2n) is 6.28. The SMILES string of the molecule is Cc1cc(C)n(C)c(=O)c1C(=O)Nc1ccccc1N1CCOCC1. The van der Waals surface area contributed by atoms with Crippen molar-refractivity contribution in [2.45, 2.75) is 13.8 Å². The van der Waals surface area contributed by atoms with Crippen LogP contribution in [0, 0.1) is 13.8 Å². The van der Waals surface area contributed by atoms with Gasteiger partial charge in [0.2, 0.25) is 0 Å². The van der Waals surface area contributed by atoms with Gasteiger partial charge in [0.05, 0.1) is 24.6 Å². The summed E-state index contributed by atoms with van der Waals surface area (Å²) in [6.07, 6.45) is 0. The summed E-state index contributed by atoms with van der Waals surface area (Å²) < 4.78 is 6.89. The Kier molecular flexibility index (Phi) is 4.90. The molecule has 0 radical (unpaired) electrons. The third kappa shape index (κ3) is 3.44. The second kappa shape index (κ2) is 7.11. The number of hydrogen-bond acceptors (Lipinski definition) is 4. The molecule has 1 amide bonds. The topological polar surface area (TPSA) is 63.6 Å². The van der Waals surface area contributed by atoms with Crippen molar-refractivity contribution < 1.29 is 9.53 Å². The van der Waals surface area contributed by atoms with Gasteiger partial charge in [0.1, 0.15) is 5.56 Å². The standard InChI is InChI=1S/C19H23N3O3/c1-13-12-14(2)21(3)19(24)17(13)18(23)20-15-6-4-5-7-16(15)22-8-10-25-11-9-22/h4-7,12H,8-11H2,1-3H3,(H,20,23). The van der Waals surface area contributed by atoms with Gasteiger partial charge in [-0.25, -0.2) is 0 Å². The highest BCUT2D eigenvalue weighted by Crippen LogP contribution is 2.26. The van der Waals surface area contributed by atoms with Crippen molar-refractivity contribution in [3.05, 3.63) is 57.5 Å². The van der Waals surface area contributed by atoms with Crippen LogP contribution in [0.5, 0.6) is 0 Å². The number of morpholine rings is 1. The summed E-state index contributed by atoms with van der Waals surface area (Å²) in [5, 5.41) is 2.92. The number of nitrogens with one attached hydrogen (secondary N) is 1. The smallest absolute Gasteiger partial charge is 0.263 e. The van der Waals surface area contributed by atoms with Crippen LogP contribution in [0.1, 0.15) is 21.6 Å². The molecule has 6 nitrogen and oxygen atoms in total. The Morgan fingerprint density at radius 1 is 1.16 bits per heavy atom. The van der Waals surface area contributed by atoms with Gasteiger partial charge >= 0.3 is 0 Å². The predicted octanol–water partition coefficient (Wildman–Crippen LogP) is 2.09. The molecule has 0 aliphatic carbocycles. The van der Waals surface area contributed by atoms with Gasteiger partial charge in [-0.05, 0) is 37.6 Å². The molecular formula is C19H23N3O3. The molecule has 1 aliphatic rings. The third-order valence-electron chi connectivity index (χ3n) is 4.60. The number of aromatic nitrogens is 1. The Hall–Kier alpha value is -2.60. The minimum Gasteiger partial charge on any atom is -0.378 e. The number of anilines is 2. The molecule has 1 aliphatic heterocycles. The van der Waals surface area contributed by atoms with Crippen molar-refractivity contribution in [2.24, 2.45) is 7.05 Å². The zero-order chi connectivity index (χ0) is 18.0. The van der Waals surface area contributed by atoms with Crippen molar-refractivity contribution in [1.29, 1.82) is 0 Å². The molecule has 1 aromatic heterocycles. The summed E-state index contributed by atoms with van der Waals surface area (Å²) in [5.41, 5.74) is 3.07. The summed E-state index contributed by atoms with van der Waals surface area (Å²) in [6.45, 7) is 6.53. The van der Waals surface area contributed by atoms with E-state index < -0.39 is 0 Å². The van der Waals surface area contributed by atoms with Crippen LogP contribution in [0.2, 0.25) is 0 Å². The normalized spacial score (nSPS) is 14.4. The van der Waals surface area contributed by atoms with Gasteiger partial charge in [0.15, 0.2) is 0 Å². The van der Waals surface area contributed by atoms with E-state index in [1.54, 1.807) is 14.0 Å². The van der Waals surface area contributed by atoms with Crippen LogP contribution in [0.3, 0.4) is 0 Å². The molecule has 0 saturated carbocycles. The number of pyridine rings is 1. The number of carbonyl (C=O) groups excluding carboxylic acids is 1. The van der Waals surface area contributed by atoms with Gasteiger partial charge in [0.25, 0.3) is 11.5 Å². The molecule has 0 unspecified atom stereocenters. The van der Waals surface area contributed by atoms with E-state index >= 15 is 0 Å². The molecular weight excluding hydrogens is 318 g/mol. The van der Waals surface area contributed by atoms with Gasteiger partial charge in [-0.2, -0.15) is 0 Å². The molecule has 2 heterocycles. The fraction of sp³-hybridized carbons (Fsp3) is 0.368. The molecule has 0 atom stereocenters. The fourth-order valence-corrected chi connectivity index (χ4v) is 3.10. The minimum atomic E-state index is -0.376. The molecule has 3 rings (SSSR count). The van der Waals surface area contributed by atoms with Crippen LogP contribution in [-0.4, -0.2) is 36.8 Å². The molecule has 1 saturated heterocycles. The average Bonchev–Trinajstić information content (AvgIpc) is 2.61. The number of carbonyl (C=O) groups is 1. The van der Waals surface area contributed by atoms with Crippen LogP contribution < -0.4 is 15.8 Å². The van der Waals surface area contributed by atoms with Crippen LogP contribution in [0.25, 0.3) is 0 Å². The van der Waals surface area contributed by atoms with Crippen LogP contribution >= 0.6 is 0 Å². The zero-order valence-electron chi connectivity index (χ0n) is 14.8. The Balaban J connectivity index is 1.92. The number of nitrogens with zero attached hydrogens (tertiary/aromatic N) is 2. The van der Waals surface area contributed by atoms with Crippen molar-refractivity contribution in [3.63, 3.8) is 0 Å². The number of aryl methyl sites for hydroxylation is 2. The van der Waals surface area contributed by atoms with Crippen molar-refractivity contribution >= 4 is 17.3 Å². The molecule has 1 N–H and O–H groups in total. The number of amides is 1. The monoisotopic (exact) mass is 341 g/mol. The van der Waals surface area contributed by atoms with Crippen molar-refractivity contribution in [2.75, 3.05) is 36.5 Å². The molecule has 25 heavy (non-hydrogen) atoms. The Morgan fingerprint density at radius 3 is 2.56 bits per heavy atom. The van der Waals surface area contributed by atoms with Crippen LogP contribution in [0.15, 0.2) is 35.1 Å². The average molecular weight is 341 g/mol. The number of hydrogen-bond donors (Lipinski definition) is 1. The summed E-state index contributed by atoms with van der Waals surface area (Å²) in [5.74, 6) is -0.376. The van der Waals surface area contributed by atoms with E-state index in [0.29, 0.717) is 24.5 Å². The highest BCUT2D eigenvalue weighted by Gasteiger charge is 2.20. The molecule has 0 spiro atoms. The lowest BCUT2D eigenvalue weighted by Crippen LogP contribution is -2.37. The van der Waals surface area contributed by atoms with Crippen molar-refractivity contribution in [1.82, 2.24) is 4.57 Å². The predicted molar refractivity (Wildman–Crippen MR) is 98.6 cm³/mol. The Labute approximate surface area is 147 Å². The first kappa shape index (κ1) is 17.2. The summed E-state index contributed by atoms with van der Waals surface area (Å²) in [7, 11) is 1.68. The number of rotatable bonds is 3. The molecule has 1 aromatic carbocycles. The Bertz CT molecular complexity index is 851. The zero-order valence-corrected chi connectivity index (χ0v) is 14.8. The molecule has 1 fully saturated rings. The van der Waals surface area contributed by atoms with E-state index in [1.165, 1.54) is 4.57 Å². The van der Waals surface area contributed by atoms with E-state index in [-0.39, 0.29) is 17.0 Å².